The maximum Gasteiger partial charge on any atom is 0.154 e. The quantitative estimate of drug-likeness (QED) is 0.618. The molecule has 2 saturated heterocycles. The first-order valence-electron chi connectivity index (χ1n) is 7.60. The van der Waals surface area contributed by atoms with Crippen LogP contribution in [0, 0.1) is 11.8 Å². The largest absolute Gasteiger partial charge is 0.486 e. The van der Waals surface area contributed by atoms with E-state index in [4.69, 9.17) is 9.73 Å². The second kappa shape index (κ2) is 4.88. The molecule has 108 valence electrons. The van der Waals surface area contributed by atoms with Crippen molar-refractivity contribution in [3.8, 4) is 0 Å². The molecule has 5 rings (SSSR count). The maximum atomic E-state index is 6.29. The Kier molecular flexibility index (Phi) is 3.33. The molecule has 20 heavy (non-hydrogen) atoms. The highest BCUT2D eigenvalue weighted by Gasteiger charge is 2.69. The van der Waals surface area contributed by atoms with Crippen molar-refractivity contribution in [2.24, 2.45) is 16.8 Å². The minimum Gasteiger partial charge on any atom is -0.486 e. The van der Waals surface area contributed by atoms with E-state index in [1.165, 1.54) is 5.57 Å². The van der Waals surface area contributed by atoms with E-state index in [-0.39, 0.29) is 11.8 Å². The Balaban J connectivity index is 2.01. The van der Waals surface area contributed by atoms with Crippen molar-refractivity contribution >= 4 is 6.21 Å². The Morgan fingerprint density at radius 1 is 1.60 bits per heavy atom. The van der Waals surface area contributed by atoms with E-state index in [1.54, 1.807) is 0 Å². The molecule has 0 radical (unpaired) electrons. The standard InChI is InChI=1S/C17H24N2O/c1-5-9-18-17-15-12(4)8-7-11(3)14(6-2)20-16(17)13(15)10-19-17/h6,8-9,13,15-16,19H,3,5,7,10H2,1-2,4H3/b12-8+,14-6?,18-9?. The van der Waals surface area contributed by atoms with Gasteiger partial charge in [-0.15, -0.1) is 0 Å². The molecule has 4 heterocycles. The van der Waals surface area contributed by atoms with E-state index in [0.29, 0.717) is 11.8 Å². The number of ether oxygens (including phenoxy) is 1. The first kappa shape index (κ1) is 13.6. The molecule has 0 aromatic heterocycles. The van der Waals surface area contributed by atoms with Gasteiger partial charge in [0, 0.05) is 24.6 Å². The highest BCUT2D eigenvalue weighted by molar-refractivity contribution is 5.58. The van der Waals surface area contributed by atoms with Crippen molar-refractivity contribution in [3.63, 3.8) is 0 Å². The molecule has 3 heteroatoms. The van der Waals surface area contributed by atoms with Gasteiger partial charge in [0.2, 0.25) is 0 Å². The van der Waals surface area contributed by atoms with E-state index >= 15 is 0 Å². The van der Waals surface area contributed by atoms with Crippen molar-refractivity contribution in [2.75, 3.05) is 6.54 Å². The SMILES string of the molecule is C=C1C/C=C(\C)C2C3CNC2(N=CCC)C3OC1=CC. The molecule has 0 amide bonds. The number of hydrogen-bond acceptors (Lipinski definition) is 3. The van der Waals surface area contributed by atoms with Gasteiger partial charge in [0.1, 0.15) is 11.9 Å². The van der Waals surface area contributed by atoms with Crippen LogP contribution in [0.4, 0.5) is 0 Å². The molecule has 0 aromatic carbocycles. The van der Waals surface area contributed by atoms with E-state index in [1.807, 2.05) is 19.2 Å². The van der Waals surface area contributed by atoms with Gasteiger partial charge >= 0.3 is 0 Å². The number of nitrogens with one attached hydrogen (secondary N) is 1. The number of aliphatic imine (C=N–C) groups is 1. The third-order valence-electron chi connectivity index (χ3n) is 4.86. The lowest BCUT2D eigenvalue weighted by molar-refractivity contribution is -0.0739. The van der Waals surface area contributed by atoms with Crippen molar-refractivity contribution in [2.45, 2.75) is 45.4 Å². The number of allylic oxidation sites excluding steroid dienone is 3. The summed E-state index contributed by atoms with van der Waals surface area (Å²) in [7, 11) is 0. The van der Waals surface area contributed by atoms with Crippen LogP contribution in [0.2, 0.25) is 0 Å². The summed E-state index contributed by atoms with van der Waals surface area (Å²) >= 11 is 0. The maximum absolute atomic E-state index is 6.29. The van der Waals surface area contributed by atoms with E-state index in [2.05, 4.69) is 31.8 Å². The lowest BCUT2D eigenvalue weighted by Gasteiger charge is -2.50. The molecule has 0 aromatic rings. The fourth-order valence-electron chi connectivity index (χ4n) is 3.91. The Hall–Kier alpha value is -1.35. The zero-order chi connectivity index (χ0) is 14.3. The van der Waals surface area contributed by atoms with E-state index in [0.717, 1.165) is 30.7 Å². The molecule has 4 bridgehead atoms. The molecule has 3 nitrogen and oxygen atoms in total. The molecular formula is C17H24N2O. The van der Waals surface area contributed by atoms with Crippen molar-refractivity contribution in [1.82, 2.24) is 5.32 Å². The summed E-state index contributed by atoms with van der Waals surface area (Å²) in [6, 6.07) is 0. The van der Waals surface area contributed by atoms with Gasteiger partial charge in [0.15, 0.2) is 5.66 Å². The predicted octanol–water partition coefficient (Wildman–Crippen LogP) is 3.21. The third kappa shape index (κ3) is 1.72. The van der Waals surface area contributed by atoms with Gasteiger partial charge in [0.25, 0.3) is 0 Å². The van der Waals surface area contributed by atoms with Crippen LogP contribution in [0.25, 0.3) is 0 Å². The Labute approximate surface area is 121 Å². The average Bonchev–Trinajstić information content (AvgIpc) is 3.00. The smallest absolute Gasteiger partial charge is 0.154 e. The average molecular weight is 272 g/mol. The fraction of sp³-hybridized carbons (Fsp3) is 0.588. The summed E-state index contributed by atoms with van der Waals surface area (Å²) < 4.78 is 6.29. The topological polar surface area (TPSA) is 33.6 Å². The minimum atomic E-state index is -0.250. The van der Waals surface area contributed by atoms with Crippen molar-refractivity contribution < 1.29 is 4.74 Å². The Bertz CT molecular complexity index is 517. The van der Waals surface area contributed by atoms with Gasteiger partial charge in [-0.1, -0.05) is 25.2 Å². The number of rotatable bonds is 2. The van der Waals surface area contributed by atoms with Gasteiger partial charge in [-0.2, -0.15) is 0 Å². The van der Waals surface area contributed by atoms with Gasteiger partial charge in [-0.05, 0) is 38.3 Å². The molecule has 5 aliphatic rings. The monoisotopic (exact) mass is 272 g/mol. The fourth-order valence-corrected chi connectivity index (χ4v) is 3.91. The van der Waals surface area contributed by atoms with Gasteiger partial charge in [-0.3, -0.25) is 10.3 Å². The van der Waals surface area contributed by atoms with E-state index < -0.39 is 0 Å². The molecule has 1 N–H and O–H groups in total. The van der Waals surface area contributed by atoms with Crippen LogP contribution in [0.15, 0.2) is 40.6 Å². The molecule has 0 spiro atoms. The normalized spacial score (nSPS) is 44.4. The van der Waals surface area contributed by atoms with Crippen LogP contribution in [0.1, 0.15) is 33.6 Å². The zero-order valence-electron chi connectivity index (χ0n) is 12.6. The van der Waals surface area contributed by atoms with Crippen LogP contribution < -0.4 is 5.32 Å². The van der Waals surface area contributed by atoms with Crippen LogP contribution in [0.5, 0.6) is 0 Å². The summed E-state index contributed by atoms with van der Waals surface area (Å²) in [5.74, 6) is 1.93. The van der Waals surface area contributed by atoms with Crippen molar-refractivity contribution in [1.29, 1.82) is 0 Å². The minimum absolute atomic E-state index is 0.139. The number of fused-ring (bicyclic) bond motifs is 5. The summed E-state index contributed by atoms with van der Waals surface area (Å²) in [5.41, 5.74) is 2.24. The second-order valence-corrected chi connectivity index (χ2v) is 6.01. The molecule has 4 atom stereocenters. The third-order valence-corrected chi connectivity index (χ3v) is 4.86. The Morgan fingerprint density at radius 2 is 2.40 bits per heavy atom. The zero-order valence-corrected chi connectivity index (χ0v) is 12.6. The second-order valence-electron chi connectivity index (χ2n) is 6.01. The molecule has 4 unspecified atom stereocenters. The summed E-state index contributed by atoms with van der Waals surface area (Å²) in [5, 5.41) is 3.61. The van der Waals surface area contributed by atoms with Gasteiger partial charge in [0.05, 0.1) is 0 Å². The van der Waals surface area contributed by atoms with Crippen LogP contribution in [-0.2, 0) is 4.74 Å². The number of hydrogen-bond donors (Lipinski definition) is 1. The van der Waals surface area contributed by atoms with Crippen LogP contribution >= 0.6 is 0 Å². The summed E-state index contributed by atoms with van der Waals surface area (Å²) in [4.78, 5) is 4.85. The van der Waals surface area contributed by atoms with E-state index in [9.17, 15) is 0 Å². The van der Waals surface area contributed by atoms with Crippen LogP contribution in [0.3, 0.4) is 0 Å². The first-order chi connectivity index (χ1) is 9.64. The van der Waals surface area contributed by atoms with Gasteiger partial charge in [-0.25, -0.2) is 0 Å². The lowest BCUT2D eigenvalue weighted by Crippen LogP contribution is -2.64. The first-order valence-corrected chi connectivity index (χ1v) is 7.60. The van der Waals surface area contributed by atoms with Crippen molar-refractivity contribution in [3.05, 3.63) is 35.6 Å². The van der Waals surface area contributed by atoms with Gasteiger partial charge < -0.3 is 4.74 Å². The summed E-state index contributed by atoms with van der Waals surface area (Å²) in [6.07, 6.45) is 8.32. The van der Waals surface area contributed by atoms with Crippen LogP contribution in [-0.4, -0.2) is 24.5 Å². The Morgan fingerprint density at radius 3 is 3.10 bits per heavy atom. The lowest BCUT2D eigenvalue weighted by atomic mass is 9.63. The highest BCUT2D eigenvalue weighted by Crippen LogP contribution is 2.56. The number of nitrogens with zero attached hydrogens (tertiary/aromatic N) is 1. The molecule has 3 fully saturated rings. The molecule has 1 saturated carbocycles. The predicted molar refractivity (Wildman–Crippen MR) is 82.6 cm³/mol. The molecule has 4 aliphatic heterocycles. The molecule has 1 aliphatic carbocycles. The molecular weight excluding hydrogens is 248 g/mol. The summed E-state index contributed by atoms with van der Waals surface area (Å²) in [6.45, 7) is 11.5. The highest BCUT2D eigenvalue weighted by atomic mass is 16.5.